The average molecular weight is 448 g/mol. The third-order valence-corrected chi connectivity index (χ3v) is 7.06. The number of nitrogens with two attached hydrogens (primary N) is 1. The first-order valence-electron chi connectivity index (χ1n) is 6.56. The van der Waals surface area contributed by atoms with Gasteiger partial charge in [-0.1, -0.05) is 23.4 Å². The molecule has 0 saturated carbocycles. The molecule has 0 bridgehead atoms. The maximum Gasteiger partial charge on any atom is 0.191 e. The van der Waals surface area contributed by atoms with Crippen LogP contribution in [0.1, 0.15) is 17.9 Å². The lowest BCUT2D eigenvalue weighted by Gasteiger charge is -2.11. The number of thiophene rings is 1. The smallest absolute Gasteiger partial charge is 0.191 e. The molecule has 3 rings (SSSR count). The number of hydrogen-bond acceptors (Lipinski definition) is 7. The number of thioether (sulfide) groups is 2. The number of pyridine rings is 1. The minimum Gasteiger partial charge on any atom is -0.384 e. The molecule has 9 heteroatoms. The number of nitrogens with zero attached hydrogens (tertiary/aromatic N) is 3. The Morgan fingerprint density at radius 1 is 1.30 bits per heavy atom. The van der Waals surface area contributed by atoms with E-state index in [-0.39, 0.29) is 5.25 Å². The van der Waals surface area contributed by atoms with E-state index in [4.69, 9.17) is 17.3 Å². The van der Waals surface area contributed by atoms with Gasteiger partial charge in [0.1, 0.15) is 16.0 Å². The summed E-state index contributed by atoms with van der Waals surface area (Å²) >= 11 is 14.5. The summed E-state index contributed by atoms with van der Waals surface area (Å²) in [6.07, 6.45) is 1.96. The van der Waals surface area contributed by atoms with Gasteiger partial charge in [-0.25, -0.2) is 15.0 Å². The van der Waals surface area contributed by atoms with Gasteiger partial charge < -0.3 is 5.73 Å². The van der Waals surface area contributed by atoms with Crippen molar-refractivity contribution in [3.05, 3.63) is 32.8 Å². The maximum atomic E-state index is 6.31. The molecule has 2 N–H and O–H groups in total. The lowest BCUT2D eigenvalue weighted by Crippen LogP contribution is -1.99. The van der Waals surface area contributed by atoms with Gasteiger partial charge in [-0.2, -0.15) is 0 Å². The largest absolute Gasteiger partial charge is 0.384 e. The lowest BCUT2D eigenvalue weighted by atomic mass is 10.2. The van der Waals surface area contributed by atoms with Crippen molar-refractivity contribution >= 4 is 78.3 Å². The van der Waals surface area contributed by atoms with Gasteiger partial charge in [0.25, 0.3) is 0 Å². The molecule has 3 aromatic rings. The fourth-order valence-corrected chi connectivity index (χ4v) is 5.17. The minimum atomic E-state index is 0.0557. The zero-order valence-electron chi connectivity index (χ0n) is 12.2. The standard InChI is InChI=1S/C14H12BrClN4S3/c1-6(23-14-19-10(17)4-11(20-14)21-2)9-3-7-8(15)5-22-12(7)13(16)18-9/h3-6H,1-2H3,(H2,17,19,20). The van der Waals surface area contributed by atoms with Crippen molar-refractivity contribution in [3.8, 4) is 0 Å². The molecule has 0 aliphatic heterocycles. The van der Waals surface area contributed by atoms with E-state index in [1.807, 2.05) is 11.6 Å². The van der Waals surface area contributed by atoms with Crippen LogP contribution in [0.2, 0.25) is 5.15 Å². The van der Waals surface area contributed by atoms with Gasteiger partial charge in [0, 0.05) is 21.3 Å². The van der Waals surface area contributed by atoms with E-state index >= 15 is 0 Å². The topological polar surface area (TPSA) is 64.7 Å². The minimum absolute atomic E-state index is 0.0557. The molecule has 0 fully saturated rings. The second-order valence-corrected chi connectivity index (χ2v) is 8.90. The van der Waals surface area contributed by atoms with Crippen LogP contribution in [0.15, 0.2) is 32.2 Å². The van der Waals surface area contributed by atoms with E-state index in [1.54, 1.807) is 29.2 Å². The van der Waals surface area contributed by atoms with Crippen LogP contribution in [0.4, 0.5) is 5.82 Å². The summed E-state index contributed by atoms with van der Waals surface area (Å²) in [5.41, 5.74) is 6.73. The Bertz CT molecular complexity index is 871. The molecular weight excluding hydrogens is 436 g/mol. The Balaban J connectivity index is 1.93. The van der Waals surface area contributed by atoms with Crippen LogP contribution in [0.5, 0.6) is 0 Å². The first-order valence-corrected chi connectivity index (χ1v) is 10.7. The number of rotatable bonds is 4. The summed E-state index contributed by atoms with van der Waals surface area (Å²) in [4.78, 5) is 13.3. The Labute approximate surface area is 159 Å². The fraction of sp³-hybridized carbons (Fsp3) is 0.214. The van der Waals surface area contributed by atoms with Gasteiger partial charge >= 0.3 is 0 Å². The predicted molar refractivity (Wildman–Crippen MR) is 105 cm³/mol. The van der Waals surface area contributed by atoms with E-state index in [2.05, 4.69) is 43.9 Å². The van der Waals surface area contributed by atoms with Gasteiger partial charge in [-0.05, 0) is 35.2 Å². The molecule has 23 heavy (non-hydrogen) atoms. The van der Waals surface area contributed by atoms with Gasteiger partial charge in [-0.15, -0.1) is 23.1 Å². The SMILES string of the molecule is CSc1cc(N)nc(SC(C)c2cc3c(Br)csc3c(Cl)n2)n1. The van der Waals surface area contributed by atoms with Crippen molar-refractivity contribution in [3.63, 3.8) is 0 Å². The molecule has 4 nitrogen and oxygen atoms in total. The van der Waals surface area contributed by atoms with Gasteiger partial charge in [0.05, 0.1) is 15.6 Å². The van der Waals surface area contributed by atoms with E-state index in [0.717, 1.165) is 25.3 Å². The van der Waals surface area contributed by atoms with Crippen LogP contribution in [0.25, 0.3) is 10.1 Å². The van der Waals surface area contributed by atoms with Gasteiger partial charge in [0.15, 0.2) is 5.16 Å². The molecule has 3 aromatic heterocycles. The highest BCUT2D eigenvalue weighted by Gasteiger charge is 2.16. The Morgan fingerprint density at radius 3 is 2.83 bits per heavy atom. The lowest BCUT2D eigenvalue weighted by molar-refractivity contribution is 0.889. The normalized spacial score (nSPS) is 12.7. The van der Waals surface area contributed by atoms with Crippen molar-refractivity contribution in [1.29, 1.82) is 0 Å². The molecule has 0 amide bonds. The quantitative estimate of drug-likeness (QED) is 0.241. The summed E-state index contributed by atoms with van der Waals surface area (Å²) in [5, 5.41) is 5.18. The van der Waals surface area contributed by atoms with E-state index in [0.29, 0.717) is 16.1 Å². The summed E-state index contributed by atoms with van der Waals surface area (Å²) in [6.45, 7) is 2.06. The molecule has 0 radical (unpaired) electrons. The number of nitrogen functional groups attached to an aromatic ring is 1. The summed E-state index contributed by atoms with van der Waals surface area (Å²) in [6, 6.07) is 3.82. The predicted octanol–water partition coefficient (Wildman–Crippen LogP) is 5.66. The molecule has 0 aliphatic rings. The highest BCUT2D eigenvalue weighted by atomic mass is 79.9. The van der Waals surface area contributed by atoms with Crippen LogP contribution < -0.4 is 5.73 Å². The van der Waals surface area contributed by atoms with Crippen molar-refractivity contribution in [2.75, 3.05) is 12.0 Å². The van der Waals surface area contributed by atoms with Crippen LogP contribution in [-0.2, 0) is 0 Å². The van der Waals surface area contributed by atoms with Crippen molar-refractivity contribution < 1.29 is 0 Å². The zero-order chi connectivity index (χ0) is 16.6. The molecule has 0 saturated heterocycles. The monoisotopic (exact) mass is 446 g/mol. The van der Waals surface area contributed by atoms with Crippen LogP contribution in [-0.4, -0.2) is 21.2 Å². The van der Waals surface area contributed by atoms with E-state index in [9.17, 15) is 0 Å². The van der Waals surface area contributed by atoms with Gasteiger partial charge in [0.2, 0.25) is 0 Å². The Kier molecular flexibility index (Phi) is 5.37. The second kappa shape index (κ2) is 7.14. The second-order valence-electron chi connectivity index (χ2n) is 4.68. The van der Waals surface area contributed by atoms with Crippen LogP contribution in [0.3, 0.4) is 0 Å². The molecule has 0 aliphatic carbocycles. The van der Waals surface area contributed by atoms with Crippen molar-refractivity contribution in [2.45, 2.75) is 22.4 Å². The molecule has 120 valence electrons. The molecular formula is C14H12BrClN4S3. The molecule has 1 unspecified atom stereocenters. The first kappa shape index (κ1) is 17.3. The average Bonchev–Trinajstić information content (AvgIpc) is 2.88. The number of aromatic nitrogens is 3. The highest BCUT2D eigenvalue weighted by Crippen LogP contribution is 2.39. The molecule has 0 aromatic carbocycles. The molecule has 0 spiro atoms. The first-order chi connectivity index (χ1) is 11.0. The highest BCUT2D eigenvalue weighted by molar-refractivity contribution is 9.10. The molecule has 3 heterocycles. The van der Waals surface area contributed by atoms with Crippen LogP contribution in [0, 0.1) is 0 Å². The number of halogens is 2. The third kappa shape index (κ3) is 3.76. The van der Waals surface area contributed by atoms with Crippen LogP contribution >= 0.6 is 62.4 Å². The van der Waals surface area contributed by atoms with E-state index in [1.165, 1.54) is 11.8 Å². The van der Waals surface area contributed by atoms with Crippen molar-refractivity contribution in [1.82, 2.24) is 15.0 Å². The van der Waals surface area contributed by atoms with E-state index < -0.39 is 0 Å². The Morgan fingerprint density at radius 2 is 2.09 bits per heavy atom. The zero-order valence-corrected chi connectivity index (χ0v) is 17.0. The summed E-state index contributed by atoms with van der Waals surface area (Å²) in [5.74, 6) is 0.473. The fourth-order valence-electron chi connectivity index (χ4n) is 1.99. The summed E-state index contributed by atoms with van der Waals surface area (Å²) in [7, 11) is 0. The van der Waals surface area contributed by atoms with Crippen molar-refractivity contribution in [2.24, 2.45) is 0 Å². The summed E-state index contributed by atoms with van der Waals surface area (Å²) < 4.78 is 2.02. The number of anilines is 1. The third-order valence-electron chi connectivity index (χ3n) is 3.10. The number of hydrogen-bond donors (Lipinski definition) is 1. The molecule has 1 atom stereocenters. The Hall–Kier alpha value is -0.540. The van der Waals surface area contributed by atoms with Gasteiger partial charge in [-0.3, -0.25) is 0 Å². The number of fused-ring (bicyclic) bond motifs is 1. The maximum absolute atomic E-state index is 6.31.